The van der Waals surface area contributed by atoms with E-state index in [-0.39, 0.29) is 18.2 Å². The molecular weight excluding hydrogens is 248 g/mol. The maximum absolute atomic E-state index is 11.8. The number of hydrogen-bond donors (Lipinski definition) is 2. The fraction of sp³-hybridized carbons (Fsp3) is 0.333. The van der Waals surface area contributed by atoms with Crippen LogP contribution in [0.1, 0.15) is 19.8 Å². The van der Waals surface area contributed by atoms with E-state index < -0.39 is 0 Å². The van der Waals surface area contributed by atoms with Crippen LogP contribution < -0.4 is 15.5 Å². The van der Waals surface area contributed by atoms with E-state index in [2.05, 4.69) is 20.8 Å². The van der Waals surface area contributed by atoms with Crippen molar-refractivity contribution in [3.8, 4) is 5.88 Å². The molecule has 7 nitrogen and oxygen atoms in total. The first-order valence-corrected chi connectivity index (χ1v) is 5.94. The molecule has 0 aromatic carbocycles. The van der Waals surface area contributed by atoms with Gasteiger partial charge in [0.15, 0.2) is 0 Å². The highest BCUT2D eigenvalue weighted by atomic mass is 16.5. The first-order valence-electron chi connectivity index (χ1n) is 5.94. The van der Waals surface area contributed by atoms with Crippen molar-refractivity contribution in [1.82, 2.24) is 10.4 Å². The topological polar surface area (TPSA) is 92.7 Å². The third-order valence-electron chi connectivity index (χ3n) is 2.45. The van der Waals surface area contributed by atoms with Gasteiger partial charge in [-0.15, -0.1) is 0 Å². The van der Waals surface area contributed by atoms with E-state index in [9.17, 15) is 9.59 Å². The second-order valence-corrected chi connectivity index (χ2v) is 3.87. The van der Waals surface area contributed by atoms with Gasteiger partial charge >= 0.3 is 0 Å². The highest BCUT2D eigenvalue weighted by Gasteiger charge is 2.18. The van der Waals surface area contributed by atoms with E-state index >= 15 is 0 Å². The molecule has 0 bridgehead atoms. The van der Waals surface area contributed by atoms with Crippen LogP contribution in [0.15, 0.2) is 23.4 Å². The van der Waals surface area contributed by atoms with Gasteiger partial charge in [0.25, 0.3) is 5.91 Å². The molecule has 100 valence electrons. The summed E-state index contributed by atoms with van der Waals surface area (Å²) in [6.07, 6.45) is 2.11. The molecule has 0 saturated carbocycles. The molecule has 0 fully saturated rings. The van der Waals surface area contributed by atoms with Crippen molar-refractivity contribution < 1.29 is 14.3 Å². The van der Waals surface area contributed by atoms with Crippen LogP contribution in [0.25, 0.3) is 0 Å². The van der Waals surface area contributed by atoms with Crippen molar-refractivity contribution >= 4 is 23.2 Å². The van der Waals surface area contributed by atoms with Gasteiger partial charge < -0.3 is 10.1 Å². The molecule has 1 aromatic heterocycles. The second kappa shape index (κ2) is 5.94. The zero-order valence-electron chi connectivity index (χ0n) is 10.5. The van der Waals surface area contributed by atoms with E-state index in [1.807, 2.05) is 6.92 Å². The standard InChI is InChI=1S/C12H14N4O3/c1-2-19-11-6-3-8(7-13-11)14-12(18)9-4-5-10(17)16-15-9/h3,6-7H,2,4-5H2,1H3,(H,14,18)(H,16,17). The largest absolute Gasteiger partial charge is 0.478 e. The lowest BCUT2D eigenvalue weighted by Crippen LogP contribution is -2.32. The lowest BCUT2D eigenvalue weighted by atomic mass is 10.1. The van der Waals surface area contributed by atoms with Gasteiger partial charge in [-0.2, -0.15) is 5.10 Å². The monoisotopic (exact) mass is 262 g/mol. The molecule has 2 amide bonds. The summed E-state index contributed by atoms with van der Waals surface area (Å²) in [5, 5.41) is 6.37. The summed E-state index contributed by atoms with van der Waals surface area (Å²) in [6.45, 7) is 2.40. The van der Waals surface area contributed by atoms with Crippen molar-refractivity contribution in [3.05, 3.63) is 18.3 Å². The SMILES string of the molecule is CCOc1ccc(NC(=O)C2=NNC(=O)CC2)cn1. The van der Waals surface area contributed by atoms with Crippen LogP contribution in [0.5, 0.6) is 5.88 Å². The van der Waals surface area contributed by atoms with Gasteiger partial charge in [0.05, 0.1) is 18.5 Å². The normalized spacial score (nSPS) is 14.4. The van der Waals surface area contributed by atoms with Gasteiger partial charge in [-0.1, -0.05) is 0 Å². The molecule has 0 spiro atoms. The number of nitrogens with zero attached hydrogens (tertiary/aromatic N) is 2. The Balaban J connectivity index is 1.97. The summed E-state index contributed by atoms with van der Waals surface area (Å²) in [6, 6.07) is 3.36. The number of pyridine rings is 1. The summed E-state index contributed by atoms with van der Waals surface area (Å²) >= 11 is 0. The van der Waals surface area contributed by atoms with Crippen LogP contribution in [0.4, 0.5) is 5.69 Å². The van der Waals surface area contributed by atoms with Crippen LogP contribution in [-0.4, -0.2) is 29.1 Å². The molecule has 0 radical (unpaired) electrons. The van der Waals surface area contributed by atoms with Gasteiger partial charge in [0, 0.05) is 18.9 Å². The van der Waals surface area contributed by atoms with E-state index in [0.29, 0.717) is 30.3 Å². The van der Waals surface area contributed by atoms with E-state index in [4.69, 9.17) is 4.74 Å². The number of rotatable bonds is 4. The van der Waals surface area contributed by atoms with Crippen molar-refractivity contribution in [2.24, 2.45) is 5.10 Å². The Labute approximate surface area is 110 Å². The van der Waals surface area contributed by atoms with Gasteiger partial charge in [-0.05, 0) is 13.0 Å². The third kappa shape index (κ3) is 3.51. The number of ether oxygens (including phenoxy) is 1. The number of hydrazone groups is 1. The number of carbonyl (C=O) groups excluding carboxylic acids is 2. The highest BCUT2D eigenvalue weighted by molar-refractivity contribution is 6.43. The Bertz CT molecular complexity index is 510. The van der Waals surface area contributed by atoms with Gasteiger partial charge in [0.1, 0.15) is 5.71 Å². The maximum atomic E-state index is 11.8. The summed E-state index contributed by atoms with van der Waals surface area (Å²) in [5.41, 5.74) is 3.13. The lowest BCUT2D eigenvalue weighted by molar-refractivity contribution is -0.121. The number of nitrogens with one attached hydrogen (secondary N) is 2. The Morgan fingerprint density at radius 2 is 2.32 bits per heavy atom. The first kappa shape index (κ1) is 13.0. The molecule has 2 rings (SSSR count). The average molecular weight is 262 g/mol. The van der Waals surface area contributed by atoms with Crippen LogP contribution >= 0.6 is 0 Å². The van der Waals surface area contributed by atoms with Gasteiger partial charge in [-0.3, -0.25) is 9.59 Å². The molecule has 1 aliphatic heterocycles. The van der Waals surface area contributed by atoms with Crippen LogP contribution in [0.2, 0.25) is 0 Å². The third-order valence-corrected chi connectivity index (χ3v) is 2.45. The molecule has 19 heavy (non-hydrogen) atoms. The average Bonchev–Trinajstić information content (AvgIpc) is 2.42. The molecule has 0 unspecified atom stereocenters. The second-order valence-electron chi connectivity index (χ2n) is 3.87. The van der Waals surface area contributed by atoms with Crippen molar-refractivity contribution in [1.29, 1.82) is 0 Å². The molecule has 2 N–H and O–H groups in total. The van der Waals surface area contributed by atoms with Gasteiger partial charge in [-0.25, -0.2) is 10.4 Å². The number of hydrogen-bond acceptors (Lipinski definition) is 5. The van der Waals surface area contributed by atoms with E-state index in [1.54, 1.807) is 12.1 Å². The zero-order valence-corrected chi connectivity index (χ0v) is 10.5. The minimum Gasteiger partial charge on any atom is -0.478 e. The van der Waals surface area contributed by atoms with Gasteiger partial charge in [0.2, 0.25) is 11.8 Å². The minimum atomic E-state index is -0.342. The molecule has 7 heteroatoms. The maximum Gasteiger partial charge on any atom is 0.271 e. The lowest BCUT2D eigenvalue weighted by Gasteiger charge is -2.12. The molecule has 1 aromatic rings. The summed E-state index contributed by atoms with van der Waals surface area (Å²) in [4.78, 5) is 26.8. The molecule has 0 atom stereocenters. The minimum absolute atomic E-state index is 0.181. The fourth-order valence-electron chi connectivity index (χ4n) is 1.53. The van der Waals surface area contributed by atoms with Crippen LogP contribution in [-0.2, 0) is 9.59 Å². The fourth-order valence-corrected chi connectivity index (χ4v) is 1.53. The molecule has 0 saturated heterocycles. The van der Waals surface area contributed by atoms with Crippen molar-refractivity contribution in [2.75, 3.05) is 11.9 Å². The molecular formula is C12H14N4O3. The quantitative estimate of drug-likeness (QED) is 0.834. The summed E-state index contributed by atoms with van der Waals surface area (Å²) in [5.74, 6) is -0.0204. The highest BCUT2D eigenvalue weighted by Crippen LogP contribution is 2.12. The number of aromatic nitrogens is 1. The predicted molar refractivity (Wildman–Crippen MR) is 68.8 cm³/mol. The van der Waals surface area contributed by atoms with Crippen molar-refractivity contribution in [2.45, 2.75) is 19.8 Å². The number of amides is 2. The van der Waals surface area contributed by atoms with E-state index in [0.717, 1.165) is 0 Å². The Kier molecular flexibility index (Phi) is 4.07. The van der Waals surface area contributed by atoms with E-state index in [1.165, 1.54) is 6.20 Å². The summed E-state index contributed by atoms with van der Waals surface area (Å²) in [7, 11) is 0. The Morgan fingerprint density at radius 1 is 1.47 bits per heavy atom. The Hall–Kier alpha value is -2.44. The predicted octanol–water partition coefficient (Wildman–Crippen LogP) is 0.685. The molecule has 2 heterocycles. The smallest absolute Gasteiger partial charge is 0.271 e. The van der Waals surface area contributed by atoms with Crippen LogP contribution in [0, 0.1) is 0 Å². The van der Waals surface area contributed by atoms with Crippen LogP contribution in [0.3, 0.4) is 0 Å². The number of anilines is 1. The number of carbonyl (C=O) groups is 2. The molecule has 1 aliphatic rings. The zero-order chi connectivity index (χ0) is 13.7. The molecule has 0 aliphatic carbocycles. The Morgan fingerprint density at radius 3 is 2.89 bits per heavy atom. The first-order chi connectivity index (χ1) is 9.19. The summed E-state index contributed by atoms with van der Waals surface area (Å²) < 4.78 is 5.20. The van der Waals surface area contributed by atoms with Crippen molar-refractivity contribution in [3.63, 3.8) is 0 Å².